The molecule has 4 nitrogen and oxygen atoms in total. The van der Waals surface area contributed by atoms with Gasteiger partial charge >= 0.3 is 0 Å². The Balaban J connectivity index is 1.21. The molecule has 0 N–H and O–H groups in total. The Labute approximate surface area is 206 Å². The van der Waals surface area contributed by atoms with Crippen molar-refractivity contribution in [1.82, 2.24) is 14.5 Å². The van der Waals surface area contributed by atoms with Crippen LogP contribution >= 0.6 is 0 Å². The van der Waals surface area contributed by atoms with Crippen LogP contribution in [-0.4, -0.2) is 27.6 Å². The first-order valence-corrected chi connectivity index (χ1v) is 13.3. The van der Waals surface area contributed by atoms with Crippen LogP contribution < -0.4 is 4.74 Å². The van der Waals surface area contributed by atoms with Crippen LogP contribution in [0.1, 0.15) is 75.2 Å². The number of aromatic nitrogens is 2. The van der Waals surface area contributed by atoms with E-state index >= 15 is 0 Å². The Morgan fingerprint density at radius 3 is 2.29 bits per heavy atom. The van der Waals surface area contributed by atoms with Crippen LogP contribution in [0.25, 0.3) is 11.4 Å². The predicted molar refractivity (Wildman–Crippen MR) is 141 cm³/mol. The Hall–Kier alpha value is -2.59. The third-order valence-electron chi connectivity index (χ3n) is 6.96. The molecular weight excluding hydrogens is 418 g/mol. The van der Waals surface area contributed by atoms with Crippen molar-refractivity contribution >= 4 is 0 Å². The molecule has 1 aliphatic heterocycles. The summed E-state index contributed by atoms with van der Waals surface area (Å²) in [6, 6.07) is 19.2. The predicted octanol–water partition coefficient (Wildman–Crippen LogP) is 7.16. The Kier molecular flexibility index (Phi) is 9.20. The first-order valence-electron chi connectivity index (χ1n) is 13.3. The average Bonchev–Trinajstić information content (AvgIpc) is 3.20. The number of nitrogens with zero attached hydrogens (tertiary/aromatic N) is 3. The number of hydrogen-bond acceptors (Lipinski definition) is 3. The summed E-state index contributed by atoms with van der Waals surface area (Å²) < 4.78 is 8.25. The largest absolute Gasteiger partial charge is 0.494 e. The number of hydrogen-bond donors (Lipinski definition) is 0. The highest BCUT2D eigenvalue weighted by atomic mass is 16.5. The molecule has 34 heavy (non-hydrogen) atoms. The lowest BCUT2D eigenvalue weighted by molar-refractivity contribution is 0.238. The third kappa shape index (κ3) is 6.73. The molecule has 4 heteroatoms. The molecule has 0 unspecified atom stereocenters. The van der Waals surface area contributed by atoms with Crippen LogP contribution in [0.15, 0.2) is 54.6 Å². The fourth-order valence-corrected chi connectivity index (χ4v) is 4.90. The number of fused-ring (bicyclic) bond motifs is 1. The monoisotopic (exact) mass is 459 g/mol. The quantitative estimate of drug-likeness (QED) is 0.254. The normalized spacial score (nSPS) is 13.7. The fraction of sp³-hybridized carbons (Fsp3) is 0.500. The molecule has 1 aliphatic rings. The standard InChI is InChI=1S/C30H41N3O/c1-3-4-5-6-7-8-9-13-22-34-27-18-16-25(17-19-27)23-33-21-20-28-29(24-33)32(2)30(31-28)26-14-11-10-12-15-26/h10-12,14-19H,3-9,13,20-24H2,1-2H3. The average molecular weight is 460 g/mol. The van der Waals surface area contributed by atoms with Crippen LogP contribution in [0.4, 0.5) is 0 Å². The highest BCUT2D eigenvalue weighted by Crippen LogP contribution is 2.26. The lowest BCUT2D eigenvalue weighted by atomic mass is 10.1. The van der Waals surface area contributed by atoms with Crippen molar-refractivity contribution in [1.29, 1.82) is 0 Å². The molecular formula is C30H41N3O. The summed E-state index contributed by atoms with van der Waals surface area (Å²) in [7, 11) is 2.15. The number of benzene rings is 2. The Bertz CT molecular complexity index is 994. The summed E-state index contributed by atoms with van der Waals surface area (Å²) >= 11 is 0. The molecule has 0 spiro atoms. The number of ether oxygens (including phenoxy) is 1. The minimum atomic E-state index is 0.827. The maximum absolute atomic E-state index is 5.98. The molecule has 182 valence electrons. The molecule has 2 aromatic carbocycles. The molecule has 0 bridgehead atoms. The topological polar surface area (TPSA) is 30.3 Å². The van der Waals surface area contributed by atoms with Crippen molar-refractivity contribution in [3.63, 3.8) is 0 Å². The van der Waals surface area contributed by atoms with Gasteiger partial charge in [0.15, 0.2) is 0 Å². The summed E-state index contributed by atoms with van der Waals surface area (Å²) in [6.07, 6.45) is 11.7. The second-order valence-electron chi connectivity index (χ2n) is 9.68. The van der Waals surface area contributed by atoms with Gasteiger partial charge in [0.2, 0.25) is 0 Å². The highest BCUT2D eigenvalue weighted by Gasteiger charge is 2.23. The summed E-state index contributed by atoms with van der Waals surface area (Å²) in [5.74, 6) is 2.07. The summed E-state index contributed by atoms with van der Waals surface area (Å²) in [5.41, 5.74) is 5.12. The van der Waals surface area contributed by atoms with E-state index in [4.69, 9.17) is 9.72 Å². The zero-order chi connectivity index (χ0) is 23.6. The minimum Gasteiger partial charge on any atom is -0.494 e. The van der Waals surface area contributed by atoms with Gasteiger partial charge in [-0.05, 0) is 24.1 Å². The van der Waals surface area contributed by atoms with Crippen LogP contribution in [0.5, 0.6) is 5.75 Å². The first-order chi connectivity index (χ1) is 16.7. The van der Waals surface area contributed by atoms with Crippen molar-refractivity contribution in [3.8, 4) is 17.1 Å². The van der Waals surface area contributed by atoms with Gasteiger partial charge in [-0.25, -0.2) is 4.98 Å². The number of imidazole rings is 1. The van der Waals surface area contributed by atoms with Crippen LogP contribution in [0, 0.1) is 0 Å². The number of rotatable bonds is 13. The van der Waals surface area contributed by atoms with E-state index in [1.54, 1.807) is 0 Å². The molecule has 0 saturated carbocycles. The third-order valence-corrected chi connectivity index (χ3v) is 6.96. The maximum atomic E-state index is 5.98. The van der Waals surface area contributed by atoms with E-state index in [0.717, 1.165) is 50.7 Å². The van der Waals surface area contributed by atoms with Gasteiger partial charge in [-0.1, -0.05) is 94.3 Å². The van der Waals surface area contributed by atoms with Gasteiger partial charge in [-0.15, -0.1) is 0 Å². The van der Waals surface area contributed by atoms with E-state index in [1.807, 2.05) is 0 Å². The fourth-order valence-electron chi connectivity index (χ4n) is 4.90. The van der Waals surface area contributed by atoms with Crippen molar-refractivity contribution in [2.45, 2.75) is 77.8 Å². The van der Waals surface area contributed by atoms with Gasteiger partial charge in [-0.2, -0.15) is 0 Å². The van der Waals surface area contributed by atoms with Gasteiger partial charge in [0.1, 0.15) is 11.6 Å². The molecule has 4 rings (SSSR count). The van der Waals surface area contributed by atoms with Crippen molar-refractivity contribution < 1.29 is 4.74 Å². The zero-order valence-electron chi connectivity index (χ0n) is 21.1. The molecule has 3 aromatic rings. The minimum absolute atomic E-state index is 0.827. The zero-order valence-corrected chi connectivity index (χ0v) is 21.1. The smallest absolute Gasteiger partial charge is 0.140 e. The molecule has 0 amide bonds. The van der Waals surface area contributed by atoms with Gasteiger partial charge in [0, 0.05) is 38.7 Å². The molecule has 0 atom stereocenters. The van der Waals surface area contributed by atoms with E-state index in [1.165, 1.54) is 67.5 Å². The van der Waals surface area contributed by atoms with Gasteiger partial charge in [0.05, 0.1) is 18.0 Å². The van der Waals surface area contributed by atoms with E-state index < -0.39 is 0 Å². The summed E-state index contributed by atoms with van der Waals surface area (Å²) in [5, 5.41) is 0. The van der Waals surface area contributed by atoms with Gasteiger partial charge < -0.3 is 9.30 Å². The van der Waals surface area contributed by atoms with Crippen molar-refractivity contribution in [2.24, 2.45) is 7.05 Å². The first kappa shape index (κ1) is 24.5. The van der Waals surface area contributed by atoms with E-state index in [-0.39, 0.29) is 0 Å². The second kappa shape index (κ2) is 12.8. The lowest BCUT2D eigenvalue weighted by Gasteiger charge is -2.27. The van der Waals surface area contributed by atoms with Crippen molar-refractivity contribution in [3.05, 3.63) is 71.5 Å². The lowest BCUT2D eigenvalue weighted by Crippen LogP contribution is -2.31. The Morgan fingerprint density at radius 1 is 0.853 bits per heavy atom. The van der Waals surface area contributed by atoms with Crippen LogP contribution in [-0.2, 0) is 26.6 Å². The van der Waals surface area contributed by atoms with E-state index in [0.29, 0.717) is 0 Å². The van der Waals surface area contributed by atoms with Gasteiger partial charge in [-0.3, -0.25) is 4.90 Å². The maximum Gasteiger partial charge on any atom is 0.140 e. The molecule has 0 radical (unpaired) electrons. The van der Waals surface area contributed by atoms with E-state index in [9.17, 15) is 0 Å². The van der Waals surface area contributed by atoms with Crippen LogP contribution in [0.2, 0.25) is 0 Å². The SMILES string of the molecule is CCCCCCCCCCOc1ccc(CN2CCc3nc(-c4ccccc4)n(C)c3C2)cc1. The molecule has 2 heterocycles. The van der Waals surface area contributed by atoms with Crippen LogP contribution in [0.3, 0.4) is 0 Å². The number of unbranched alkanes of at least 4 members (excludes halogenated alkanes) is 7. The summed E-state index contributed by atoms with van der Waals surface area (Å²) in [6.45, 7) is 6.06. The van der Waals surface area contributed by atoms with Crippen molar-refractivity contribution in [2.75, 3.05) is 13.2 Å². The molecule has 0 aliphatic carbocycles. The molecule has 0 fully saturated rings. The summed E-state index contributed by atoms with van der Waals surface area (Å²) in [4.78, 5) is 7.48. The Morgan fingerprint density at radius 2 is 1.56 bits per heavy atom. The highest BCUT2D eigenvalue weighted by molar-refractivity contribution is 5.57. The molecule has 0 saturated heterocycles. The van der Waals surface area contributed by atoms with E-state index in [2.05, 4.69) is 78.0 Å². The van der Waals surface area contributed by atoms with Gasteiger partial charge in [0.25, 0.3) is 0 Å². The second-order valence-corrected chi connectivity index (χ2v) is 9.68. The molecule has 1 aromatic heterocycles.